The molecule has 0 aliphatic carbocycles. The maximum atomic E-state index is 12.5. The van der Waals surface area contributed by atoms with Crippen molar-refractivity contribution in [1.82, 2.24) is 15.1 Å². The monoisotopic (exact) mass is 441 g/mol. The van der Waals surface area contributed by atoms with Crippen LogP contribution in [0.2, 0.25) is 18.1 Å². The number of amides is 1. The van der Waals surface area contributed by atoms with Crippen molar-refractivity contribution in [2.24, 2.45) is 0 Å². The van der Waals surface area contributed by atoms with E-state index in [1.807, 2.05) is 6.92 Å². The number of nitrogens with zero attached hydrogens (tertiary/aromatic N) is 2. The summed E-state index contributed by atoms with van der Waals surface area (Å²) in [6.07, 6.45) is 1.10. The molecular formula is C21H39N3O5Si. The van der Waals surface area contributed by atoms with Gasteiger partial charge >= 0.3 is 12.1 Å². The van der Waals surface area contributed by atoms with Gasteiger partial charge in [0.15, 0.2) is 8.32 Å². The first-order valence-electron chi connectivity index (χ1n) is 10.4. The predicted octanol–water partition coefficient (Wildman–Crippen LogP) is 4.46. The number of ether oxygens (including phenoxy) is 2. The van der Waals surface area contributed by atoms with E-state index in [1.165, 1.54) is 0 Å². The summed E-state index contributed by atoms with van der Waals surface area (Å²) in [6.45, 7) is 20.6. The highest BCUT2D eigenvalue weighted by Gasteiger charge is 2.38. The minimum absolute atomic E-state index is 0.0279. The van der Waals surface area contributed by atoms with Crippen molar-refractivity contribution >= 4 is 20.4 Å². The second-order valence-electron chi connectivity index (χ2n) is 9.95. The zero-order valence-electron chi connectivity index (χ0n) is 20.2. The molecular weight excluding hydrogens is 402 g/mol. The Bertz CT molecular complexity index is 732. The van der Waals surface area contributed by atoms with E-state index < -0.39 is 26.0 Å². The van der Waals surface area contributed by atoms with Crippen molar-refractivity contribution in [1.29, 1.82) is 0 Å². The van der Waals surface area contributed by atoms with Crippen LogP contribution in [-0.2, 0) is 13.9 Å². The molecule has 30 heavy (non-hydrogen) atoms. The van der Waals surface area contributed by atoms with Gasteiger partial charge in [0, 0.05) is 12.1 Å². The van der Waals surface area contributed by atoms with E-state index in [1.54, 1.807) is 38.6 Å². The summed E-state index contributed by atoms with van der Waals surface area (Å²) in [7, 11) is -2.05. The minimum Gasteiger partial charge on any atom is -0.461 e. The average Bonchev–Trinajstić information content (AvgIpc) is 2.94. The van der Waals surface area contributed by atoms with Gasteiger partial charge in [0.2, 0.25) is 0 Å². The van der Waals surface area contributed by atoms with E-state index in [0.717, 1.165) is 0 Å². The zero-order chi connectivity index (χ0) is 23.3. The predicted molar refractivity (Wildman–Crippen MR) is 119 cm³/mol. The summed E-state index contributed by atoms with van der Waals surface area (Å²) < 4.78 is 18.5. The standard InChI is InChI=1S/C21H39N3O5Si/c1-11-27-18(25)17-15(2)12-23-24(17)16(13-22-19(26)29-20(3,4)5)14-28-30(9,10)21(6,7)8/h12,16H,11,13-14H2,1-10H3,(H,22,26). The summed E-state index contributed by atoms with van der Waals surface area (Å²) in [4.78, 5) is 24.7. The van der Waals surface area contributed by atoms with Crippen molar-refractivity contribution in [3.63, 3.8) is 0 Å². The highest BCUT2D eigenvalue weighted by Crippen LogP contribution is 2.37. The Hall–Kier alpha value is -1.87. The lowest BCUT2D eigenvalue weighted by Crippen LogP contribution is -2.44. The van der Waals surface area contributed by atoms with Crippen LogP contribution in [-0.4, -0.2) is 55.5 Å². The molecule has 1 heterocycles. The molecule has 0 saturated carbocycles. The Morgan fingerprint density at radius 3 is 2.30 bits per heavy atom. The summed E-state index contributed by atoms with van der Waals surface area (Å²) in [5.41, 5.74) is 0.477. The zero-order valence-corrected chi connectivity index (χ0v) is 21.2. The van der Waals surface area contributed by atoms with Crippen LogP contribution in [0.15, 0.2) is 6.20 Å². The smallest absolute Gasteiger partial charge is 0.407 e. The van der Waals surface area contributed by atoms with Crippen molar-refractivity contribution in [3.05, 3.63) is 17.5 Å². The van der Waals surface area contributed by atoms with Crippen LogP contribution in [0.25, 0.3) is 0 Å². The van der Waals surface area contributed by atoms with Gasteiger partial charge in [0.25, 0.3) is 0 Å². The third-order valence-corrected chi connectivity index (χ3v) is 9.62. The molecule has 0 fully saturated rings. The van der Waals surface area contributed by atoms with E-state index in [4.69, 9.17) is 13.9 Å². The van der Waals surface area contributed by atoms with Crippen molar-refractivity contribution < 1.29 is 23.5 Å². The summed E-state index contributed by atoms with van der Waals surface area (Å²) in [6, 6.07) is -0.389. The lowest BCUT2D eigenvalue weighted by Gasteiger charge is -2.37. The lowest BCUT2D eigenvalue weighted by molar-refractivity contribution is 0.0499. The Balaban J connectivity index is 3.13. The quantitative estimate of drug-likeness (QED) is 0.473. The van der Waals surface area contributed by atoms with Crippen molar-refractivity contribution in [3.8, 4) is 0 Å². The number of nitrogens with one attached hydrogen (secondary N) is 1. The first-order valence-corrected chi connectivity index (χ1v) is 13.3. The van der Waals surface area contributed by atoms with Crippen LogP contribution < -0.4 is 5.32 Å². The third kappa shape index (κ3) is 7.43. The largest absolute Gasteiger partial charge is 0.461 e. The van der Waals surface area contributed by atoms with E-state index in [2.05, 4.69) is 44.3 Å². The number of carbonyl (C=O) groups is 2. The van der Waals surface area contributed by atoms with Crippen molar-refractivity contribution in [2.45, 2.75) is 85.2 Å². The Morgan fingerprint density at radius 1 is 1.20 bits per heavy atom. The van der Waals surface area contributed by atoms with E-state index in [-0.39, 0.29) is 24.2 Å². The Labute approximate surface area is 181 Å². The maximum absolute atomic E-state index is 12.5. The van der Waals surface area contributed by atoms with Crippen LogP contribution in [0.1, 0.15) is 70.6 Å². The van der Waals surface area contributed by atoms with Gasteiger partial charge in [0.05, 0.1) is 25.5 Å². The van der Waals surface area contributed by atoms with Gasteiger partial charge in [-0.2, -0.15) is 5.10 Å². The highest BCUT2D eigenvalue weighted by atomic mass is 28.4. The molecule has 1 aromatic heterocycles. The summed E-state index contributed by atoms with van der Waals surface area (Å²) in [5, 5.41) is 7.20. The molecule has 0 bridgehead atoms. The molecule has 0 radical (unpaired) electrons. The summed E-state index contributed by atoms with van der Waals surface area (Å²) in [5.74, 6) is -0.443. The first kappa shape index (κ1) is 26.2. The number of esters is 1. The average molecular weight is 442 g/mol. The Kier molecular flexibility index (Phi) is 8.68. The molecule has 8 nitrogen and oxygen atoms in total. The number of rotatable bonds is 8. The summed E-state index contributed by atoms with van der Waals surface area (Å²) >= 11 is 0. The Morgan fingerprint density at radius 2 is 1.80 bits per heavy atom. The van der Waals surface area contributed by atoms with Crippen LogP contribution >= 0.6 is 0 Å². The van der Waals surface area contributed by atoms with Gasteiger partial charge in [0.1, 0.15) is 11.3 Å². The first-order chi connectivity index (χ1) is 13.6. The number of alkyl carbamates (subject to hydrolysis) is 1. The number of hydrogen-bond acceptors (Lipinski definition) is 6. The second-order valence-corrected chi connectivity index (χ2v) is 14.8. The van der Waals surface area contributed by atoms with Crippen LogP contribution in [0.3, 0.4) is 0 Å². The van der Waals surface area contributed by atoms with Gasteiger partial charge in [-0.3, -0.25) is 4.68 Å². The minimum atomic E-state index is -2.05. The molecule has 1 aromatic rings. The number of carbonyl (C=O) groups excluding carboxylic acids is 2. The molecule has 9 heteroatoms. The molecule has 172 valence electrons. The molecule has 0 aliphatic rings. The van der Waals surface area contributed by atoms with E-state index in [0.29, 0.717) is 17.9 Å². The molecule has 0 aliphatic heterocycles. The fraction of sp³-hybridized carbons (Fsp3) is 0.762. The maximum Gasteiger partial charge on any atom is 0.407 e. The molecule has 0 spiro atoms. The fourth-order valence-electron chi connectivity index (χ4n) is 2.43. The fourth-order valence-corrected chi connectivity index (χ4v) is 3.47. The topological polar surface area (TPSA) is 91.7 Å². The molecule has 1 amide bonds. The molecule has 0 aromatic carbocycles. The molecule has 1 atom stereocenters. The van der Waals surface area contributed by atoms with Gasteiger partial charge in [-0.25, -0.2) is 9.59 Å². The van der Waals surface area contributed by atoms with Crippen molar-refractivity contribution in [2.75, 3.05) is 19.8 Å². The number of hydrogen-bond donors (Lipinski definition) is 1. The van der Waals surface area contributed by atoms with Gasteiger partial charge in [-0.1, -0.05) is 20.8 Å². The SMILES string of the molecule is CCOC(=O)c1c(C)cnn1C(CNC(=O)OC(C)(C)C)CO[Si](C)(C)C(C)(C)C. The molecule has 1 unspecified atom stereocenters. The highest BCUT2D eigenvalue weighted by molar-refractivity contribution is 6.74. The van der Waals surface area contributed by atoms with Gasteiger partial charge in [-0.15, -0.1) is 0 Å². The van der Waals surface area contributed by atoms with Crippen LogP contribution in [0, 0.1) is 6.92 Å². The second kappa shape index (κ2) is 9.96. The number of aromatic nitrogens is 2. The normalized spacial score (nSPS) is 13.7. The van der Waals surface area contributed by atoms with E-state index >= 15 is 0 Å². The van der Waals surface area contributed by atoms with Crippen LogP contribution in [0.5, 0.6) is 0 Å². The van der Waals surface area contributed by atoms with Crippen LogP contribution in [0.4, 0.5) is 4.79 Å². The van der Waals surface area contributed by atoms with Gasteiger partial charge in [-0.05, 0) is 52.8 Å². The number of aryl methyl sites for hydroxylation is 1. The van der Waals surface area contributed by atoms with E-state index in [9.17, 15) is 9.59 Å². The molecule has 0 saturated heterocycles. The lowest BCUT2D eigenvalue weighted by atomic mass is 10.2. The molecule has 1 N–H and O–H groups in total. The van der Waals surface area contributed by atoms with Gasteiger partial charge < -0.3 is 19.2 Å². The molecule has 1 rings (SSSR count). The third-order valence-electron chi connectivity index (χ3n) is 5.12.